The third kappa shape index (κ3) is 4.85. The van der Waals surface area contributed by atoms with E-state index in [4.69, 9.17) is 0 Å². The molecule has 2 rings (SSSR count). The summed E-state index contributed by atoms with van der Waals surface area (Å²) < 4.78 is 53.9. The first-order chi connectivity index (χ1) is 11.9. The van der Waals surface area contributed by atoms with E-state index in [9.17, 15) is 16.8 Å². The molecule has 0 unspecified atom stereocenters. The Balaban J connectivity index is 2.16. The van der Waals surface area contributed by atoms with Crippen molar-refractivity contribution in [2.24, 2.45) is 0 Å². The minimum atomic E-state index is -3.65. The Morgan fingerprint density at radius 2 is 1.69 bits per heavy atom. The average Bonchev–Trinajstić information content (AvgIpc) is 2.54. The van der Waals surface area contributed by atoms with Crippen molar-refractivity contribution in [3.63, 3.8) is 0 Å². The van der Waals surface area contributed by atoms with Crippen LogP contribution < -0.4 is 4.72 Å². The van der Waals surface area contributed by atoms with Gasteiger partial charge in [-0.3, -0.25) is 0 Å². The first-order valence-electron chi connectivity index (χ1n) is 8.98. The first kappa shape index (κ1) is 21.3. The molecule has 1 N–H and O–H groups in total. The summed E-state index contributed by atoms with van der Waals surface area (Å²) in [7, 11) is -6.86. The Morgan fingerprint density at radius 3 is 2.19 bits per heavy atom. The van der Waals surface area contributed by atoms with E-state index in [-0.39, 0.29) is 17.2 Å². The van der Waals surface area contributed by atoms with Crippen molar-refractivity contribution in [3.8, 4) is 0 Å². The summed E-state index contributed by atoms with van der Waals surface area (Å²) in [5.41, 5.74) is 1.53. The van der Waals surface area contributed by atoms with Crippen LogP contribution in [0.15, 0.2) is 23.1 Å². The Morgan fingerprint density at radius 1 is 1.12 bits per heavy atom. The molecule has 0 bridgehead atoms. The minimum absolute atomic E-state index is 0.0716. The summed E-state index contributed by atoms with van der Waals surface area (Å²) in [4.78, 5) is 0.300. The molecule has 1 aliphatic rings. The zero-order valence-corrected chi connectivity index (χ0v) is 17.9. The zero-order chi connectivity index (χ0) is 19.8. The molecule has 1 heterocycles. The fourth-order valence-electron chi connectivity index (χ4n) is 3.07. The molecule has 6 nitrogen and oxygen atoms in total. The Kier molecular flexibility index (Phi) is 6.22. The van der Waals surface area contributed by atoms with Crippen molar-refractivity contribution < 1.29 is 16.8 Å². The molecule has 0 amide bonds. The lowest BCUT2D eigenvalue weighted by Crippen LogP contribution is -2.46. The van der Waals surface area contributed by atoms with E-state index in [1.807, 2.05) is 32.9 Å². The maximum absolute atomic E-state index is 12.9. The SMILES string of the molecule is CCS(=O)(=O)N1CCC(NS(=O)(=O)c2cc(C(C)(C)C)ccc2C)CC1. The second-order valence-corrected chi connectivity index (χ2v) is 11.9. The summed E-state index contributed by atoms with van der Waals surface area (Å²) in [6, 6.07) is 5.29. The molecule has 0 aromatic heterocycles. The predicted octanol–water partition coefficient (Wildman–Crippen LogP) is 2.38. The monoisotopic (exact) mass is 402 g/mol. The smallest absolute Gasteiger partial charge is 0.212 e. The molecule has 1 saturated heterocycles. The van der Waals surface area contributed by atoms with Gasteiger partial charge in [0.15, 0.2) is 0 Å². The maximum atomic E-state index is 12.9. The van der Waals surface area contributed by atoms with Crippen LogP contribution in [0.4, 0.5) is 0 Å². The van der Waals surface area contributed by atoms with Crippen molar-refractivity contribution in [2.75, 3.05) is 18.8 Å². The predicted molar refractivity (Wildman–Crippen MR) is 104 cm³/mol. The molecule has 1 fully saturated rings. The fraction of sp³-hybridized carbons (Fsp3) is 0.667. The second kappa shape index (κ2) is 7.58. The standard InChI is InChI=1S/C18H30N2O4S2/c1-6-25(21,22)20-11-9-16(10-12-20)19-26(23,24)17-13-15(18(3,4)5)8-7-14(17)2/h7-8,13,16,19H,6,9-12H2,1-5H3. The quantitative estimate of drug-likeness (QED) is 0.820. The molecule has 0 radical (unpaired) electrons. The lowest BCUT2D eigenvalue weighted by Gasteiger charge is -2.31. The Bertz CT molecular complexity index is 848. The van der Waals surface area contributed by atoms with E-state index < -0.39 is 20.0 Å². The van der Waals surface area contributed by atoms with Crippen LogP contribution in [0, 0.1) is 6.92 Å². The van der Waals surface area contributed by atoms with Gasteiger partial charge in [0.1, 0.15) is 0 Å². The number of rotatable bonds is 5. The summed E-state index contributed by atoms with van der Waals surface area (Å²) in [6.45, 7) is 10.3. The number of hydrogen-bond donors (Lipinski definition) is 1. The molecular formula is C18H30N2O4S2. The summed E-state index contributed by atoms with van der Waals surface area (Å²) >= 11 is 0. The van der Waals surface area contributed by atoms with Gasteiger partial charge in [-0.1, -0.05) is 32.9 Å². The molecule has 0 spiro atoms. The highest BCUT2D eigenvalue weighted by molar-refractivity contribution is 7.89. The highest BCUT2D eigenvalue weighted by atomic mass is 32.2. The van der Waals surface area contributed by atoms with Crippen molar-refractivity contribution in [1.29, 1.82) is 0 Å². The lowest BCUT2D eigenvalue weighted by atomic mass is 9.87. The molecule has 0 saturated carbocycles. The van der Waals surface area contributed by atoms with Crippen LogP contribution in [0.5, 0.6) is 0 Å². The lowest BCUT2D eigenvalue weighted by molar-refractivity contribution is 0.309. The zero-order valence-electron chi connectivity index (χ0n) is 16.2. The van der Waals surface area contributed by atoms with Gasteiger partial charge in [-0.15, -0.1) is 0 Å². The van der Waals surface area contributed by atoms with E-state index in [2.05, 4.69) is 4.72 Å². The Hall–Kier alpha value is -0.960. The van der Waals surface area contributed by atoms with Crippen molar-refractivity contribution in [1.82, 2.24) is 9.03 Å². The molecule has 1 aromatic rings. The largest absolute Gasteiger partial charge is 0.241 e. The van der Waals surface area contributed by atoms with E-state index >= 15 is 0 Å². The van der Waals surface area contributed by atoms with Gasteiger partial charge >= 0.3 is 0 Å². The van der Waals surface area contributed by atoms with Gasteiger partial charge in [0.25, 0.3) is 0 Å². The van der Waals surface area contributed by atoms with Gasteiger partial charge in [-0.05, 0) is 49.3 Å². The third-order valence-electron chi connectivity index (χ3n) is 4.88. The molecule has 26 heavy (non-hydrogen) atoms. The molecular weight excluding hydrogens is 372 g/mol. The first-order valence-corrected chi connectivity index (χ1v) is 12.1. The Labute approximate surface area is 158 Å². The molecule has 1 aliphatic heterocycles. The number of nitrogens with zero attached hydrogens (tertiary/aromatic N) is 1. The third-order valence-corrected chi connectivity index (χ3v) is 8.42. The normalized spacial score (nSPS) is 18.2. The van der Waals surface area contributed by atoms with Crippen LogP contribution in [0.1, 0.15) is 51.7 Å². The van der Waals surface area contributed by atoms with Crippen LogP contribution in [0.2, 0.25) is 0 Å². The molecule has 0 aliphatic carbocycles. The van der Waals surface area contributed by atoms with Gasteiger partial charge in [-0.2, -0.15) is 0 Å². The van der Waals surface area contributed by atoms with Gasteiger partial charge in [0, 0.05) is 19.1 Å². The van der Waals surface area contributed by atoms with Crippen LogP contribution >= 0.6 is 0 Å². The maximum Gasteiger partial charge on any atom is 0.241 e. The molecule has 148 valence electrons. The van der Waals surface area contributed by atoms with Crippen LogP contribution in [-0.4, -0.2) is 46.0 Å². The van der Waals surface area contributed by atoms with Gasteiger partial charge in [0.05, 0.1) is 10.6 Å². The van der Waals surface area contributed by atoms with Gasteiger partial charge < -0.3 is 0 Å². The number of hydrogen-bond acceptors (Lipinski definition) is 4. The number of nitrogens with one attached hydrogen (secondary N) is 1. The molecule has 8 heteroatoms. The number of sulfonamides is 2. The van der Waals surface area contributed by atoms with Crippen LogP contribution in [0.3, 0.4) is 0 Å². The van der Waals surface area contributed by atoms with Crippen LogP contribution in [0.25, 0.3) is 0 Å². The van der Waals surface area contributed by atoms with E-state index in [0.29, 0.717) is 36.4 Å². The molecule has 0 atom stereocenters. The highest BCUT2D eigenvalue weighted by Crippen LogP contribution is 2.27. The van der Waals surface area contributed by atoms with Crippen molar-refractivity contribution >= 4 is 20.0 Å². The minimum Gasteiger partial charge on any atom is -0.212 e. The van der Waals surface area contributed by atoms with Crippen LogP contribution in [-0.2, 0) is 25.5 Å². The van der Waals surface area contributed by atoms with E-state index in [1.165, 1.54) is 4.31 Å². The van der Waals surface area contributed by atoms with Crippen molar-refractivity contribution in [2.45, 2.75) is 63.8 Å². The van der Waals surface area contributed by atoms with Gasteiger partial charge in [-0.25, -0.2) is 25.9 Å². The second-order valence-electron chi connectivity index (χ2n) is 7.93. The highest BCUT2D eigenvalue weighted by Gasteiger charge is 2.30. The number of benzene rings is 1. The fourth-order valence-corrected chi connectivity index (χ4v) is 5.78. The van der Waals surface area contributed by atoms with Crippen molar-refractivity contribution in [3.05, 3.63) is 29.3 Å². The average molecular weight is 403 g/mol. The topological polar surface area (TPSA) is 83.6 Å². The number of aryl methyl sites for hydroxylation is 1. The molecule has 1 aromatic carbocycles. The van der Waals surface area contributed by atoms with E-state index in [0.717, 1.165) is 5.56 Å². The van der Waals surface area contributed by atoms with E-state index in [1.54, 1.807) is 19.9 Å². The van der Waals surface area contributed by atoms with Gasteiger partial charge in [0.2, 0.25) is 20.0 Å². The summed E-state index contributed by atoms with van der Waals surface area (Å²) in [6.07, 6.45) is 0.965. The summed E-state index contributed by atoms with van der Waals surface area (Å²) in [5.74, 6) is 0.0716. The summed E-state index contributed by atoms with van der Waals surface area (Å²) in [5, 5.41) is 0. The number of piperidine rings is 1.